The summed E-state index contributed by atoms with van der Waals surface area (Å²) >= 11 is 0. The number of fused-ring (bicyclic) bond motifs is 1. The summed E-state index contributed by atoms with van der Waals surface area (Å²) in [5.41, 5.74) is 0.273. The minimum Gasteiger partial charge on any atom is -0.424 e. The number of nitrogens with zero attached hydrogens (tertiary/aromatic N) is 4. The molecule has 4 aliphatic rings. The standard InChI is InChI=1S/C21H34N4O3/c1-26-15-21-6-4-18(25-8-10-27-11-9-25)12-17(21)5-7-24(14-21)13-19-22-23-20(28-19)16-2-3-16/h16-18H,2-15H2,1H3/t17-,18-,21+/m0/s1. The predicted octanol–water partition coefficient (Wildman–Crippen LogP) is 2.29. The second kappa shape index (κ2) is 8.01. The molecule has 7 heteroatoms. The Kier molecular flexibility index (Phi) is 5.43. The first-order chi connectivity index (χ1) is 13.8. The molecule has 0 spiro atoms. The van der Waals surface area contributed by atoms with Gasteiger partial charge in [0, 0.05) is 44.1 Å². The minimum absolute atomic E-state index is 0.273. The lowest BCUT2D eigenvalue weighted by atomic mass is 9.62. The molecule has 7 nitrogen and oxygen atoms in total. The summed E-state index contributed by atoms with van der Waals surface area (Å²) in [5, 5.41) is 8.57. The van der Waals surface area contributed by atoms with Crippen LogP contribution in [0.15, 0.2) is 4.42 Å². The van der Waals surface area contributed by atoms with Crippen LogP contribution in [0.4, 0.5) is 0 Å². The molecule has 3 atom stereocenters. The largest absolute Gasteiger partial charge is 0.424 e. The second-order valence-electron chi connectivity index (χ2n) is 9.38. The smallest absolute Gasteiger partial charge is 0.230 e. The molecule has 3 heterocycles. The number of methoxy groups -OCH3 is 1. The van der Waals surface area contributed by atoms with Crippen molar-refractivity contribution in [2.45, 2.75) is 57.0 Å². The number of rotatable bonds is 6. The van der Waals surface area contributed by atoms with Gasteiger partial charge in [0.15, 0.2) is 0 Å². The molecule has 0 amide bonds. The van der Waals surface area contributed by atoms with E-state index in [2.05, 4.69) is 20.0 Å². The van der Waals surface area contributed by atoms with E-state index < -0.39 is 0 Å². The fourth-order valence-electron chi connectivity index (χ4n) is 5.80. The maximum Gasteiger partial charge on any atom is 0.230 e. The molecule has 0 radical (unpaired) electrons. The van der Waals surface area contributed by atoms with E-state index in [9.17, 15) is 0 Å². The zero-order chi connectivity index (χ0) is 19.0. The molecule has 2 aliphatic heterocycles. The second-order valence-corrected chi connectivity index (χ2v) is 9.38. The Bertz CT molecular complexity index is 658. The van der Waals surface area contributed by atoms with Crippen molar-refractivity contribution in [1.29, 1.82) is 0 Å². The Morgan fingerprint density at radius 3 is 2.75 bits per heavy atom. The van der Waals surface area contributed by atoms with Crippen LogP contribution in [0.3, 0.4) is 0 Å². The van der Waals surface area contributed by atoms with Gasteiger partial charge in [0.25, 0.3) is 0 Å². The predicted molar refractivity (Wildman–Crippen MR) is 104 cm³/mol. The topological polar surface area (TPSA) is 63.9 Å². The van der Waals surface area contributed by atoms with Crippen LogP contribution in [-0.4, -0.2) is 79.1 Å². The average Bonchev–Trinajstić information content (AvgIpc) is 3.48. The van der Waals surface area contributed by atoms with E-state index in [1.54, 1.807) is 0 Å². The molecule has 156 valence electrons. The molecule has 2 saturated heterocycles. The third-order valence-corrected chi connectivity index (χ3v) is 7.49. The van der Waals surface area contributed by atoms with Gasteiger partial charge in [-0.3, -0.25) is 9.80 Å². The number of aromatic nitrogens is 2. The van der Waals surface area contributed by atoms with Gasteiger partial charge < -0.3 is 13.9 Å². The van der Waals surface area contributed by atoms with Crippen LogP contribution in [0.5, 0.6) is 0 Å². The lowest BCUT2D eigenvalue weighted by Gasteiger charge is -2.54. The molecule has 0 bridgehead atoms. The third-order valence-electron chi connectivity index (χ3n) is 7.49. The van der Waals surface area contributed by atoms with Crippen LogP contribution in [0.2, 0.25) is 0 Å². The monoisotopic (exact) mass is 390 g/mol. The Morgan fingerprint density at radius 2 is 1.96 bits per heavy atom. The molecule has 2 saturated carbocycles. The Labute approximate surface area is 167 Å². The summed E-state index contributed by atoms with van der Waals surface area (Å²) in [6.45, 7) is 7.83. The van der Waals surface area contributed by atoms with Crippen LogP contribution in [0.1, 0.15) is 56.2 Å². The van der Waals surface area contributed by atoms with Gasteiger partial charge in [-0.05, 0) is 51.0 Å². The van der Waals surface area contributed by atoms with E-state index in [0.29, 0.717) is 5.92 Å². The molecule has 0 unspecified atom stereocenters. The highest BCUT2D eigenvalue weighted by molar-refractivity contribution is 5.02. The minimum atomic E-state index is 0.273. The van der Waals surface area contributed by atoms with E-state index in [1.165, 1.54) is 38.5 Å². The summed E-state index contributed by atoms with van der Waals surface area (Å²) in [4.78, 5) is 5.19. The van der Waals surface area contributed by atoms with Crippen LogP contribution in [-0.2, 0) is 16.0 Å². The molecule has 28 heavy (non-hydrogen) atoms. The van der Waals surface area contributed by atoms with Crippen LogP contribution >= 0.6 is 0 Å². The van der Waals surface area contributed by atoms with Crippen molar-refractivity contribution in [2.24, 2.45) is 11.3 Å². The van der Waals surface area contributed by atoms with Crippen molar-refractivity contribution in [2.75, 3.05) is 53.1 Å². The summed E-state index contributed by atoms with van der Waals surface area (Å²) in [7, 11) is 1.86. The first-order valence-electron chi connectivity index (χ1n) is 11.1. The van der Waals surface area contributed by atoms with E-state index in [4.69, 9.17) is 13.9 Å². The number of morpholine rings is 1. The first kappa shape index (κ1) is 19.0. The molecule has 0 aromatic carbocycles. The molecule has 4 fully saturated rings. The maximum atomic E-state index is 5.92. The Balaban J connectivity index is 1.23. The lowest BCUT2D eigenvalue weighted by Crippen LogP contribution is -2.56. The highest BCUT2D eigenvalue weighted by atomic mass is 16.5. The summed E-state index contributed by atoms with van der Waals surface area (Å²) in [5.74, 6) is 2.91. The van der Waals surface area contributed by atoms with Gasteiger partial charge in [-0.2, -0.15) is 0 Å². The SMILES string of the molecule is COC[C@]12CC[C@H](N3CCOCC3)C[C@@H]1CCN(Cc1nnc(C3CC3)o1)C2. The number of hydrogen-bond donors (Lipinski definition) is 0. The van der Waals surface area contributed by atoms with E-state index in [1.807, 2.05) is 7.11 Å². The van der Waals surface area contributed by atoms with Crippen molar-refractivity contribution in [1.82, 2.24) is 20.0 Å². The van der Waals surface area contributed by atoms with Crippen LogP contribution in [0.25, 0.3) is 0 Å². The molecule has 0 N–H and O–H groups in total. The normalized spacial score (nSPS) is 35.0. The fraction of sp³-hybridized carbons (Fsp3) is 0.905. The maximum absolute atomic E-state index is 5.92. The number of piperidine rings is 1. The van der Waals surface area contributed by atoms with Crippen LogP contribution in [0, 0.1) is 11.3 Å². The van der Waals surface area contributed by atoms with E-state index in [0.717, 1.165) is 76.3 Å². The molecule has 1 aromatic heterocycles. The number of ether oxygens (including phenoxy) is 2. The third kappa shape index (κ3) is 3.86. The van der Waals surface area contributed by atoms with Gasteiger partial charge in [0.1, 0.15) is 0 Å². The van der Waals surface area contributed by atoms with Gasteiger partial charge in [-0.1, -0.05) is 0 Å². The Hall–Kier alpha value is -1.02. The zero-order valence-corrected chi connectivity index (χ0v) is 17.1. The van der Waals surface area contributed by atoms with Gasteiger partial charge in [0.2, 0.25) is 11.8 Å². The lowest BCUT2D eigenvalue weighted by molar-refractivity contribution is -0.0881. The highest BCUT2D eigenvalue weighted by Crippen LogP contribution is 2.48. The molecular formula is C21H34N4O3. The molecule has 1 aromatic rings. The summed E-state index contributed by atoms with van der Waals surface area (Å²) < 4.78 is 17.2. The Morgan fingerprint density at radius 1 is 1.11 bits per heavy atom. The highest BCUT2D eigenvalue weighted by Gasteiger charge is 2.48. The average molecular weight is 391 g/mol. The van der Waals surface area contributed by atoms with Crippen molar-refractivity contribution in [3.8, 4) is 0 Å². The van der Waals surface area contributed by atoms with Gasteiger partial charge >= 0.3 is 0 Å². The van der Waals surface area contributed by atoms with E-state index in [-0.39, 0.29) is 5.41 Å². The van der Waals surface area contributed by atoms with Crippen molar-refractivity contribution < 1.29 is 13.9 Å². The molecule has 2 aliphatic carbocycles. The van der Waals surface area contributed by atoms with Crippen molar-refractivity contribution in [3.63, 3.8) is 0 Å². The van der Waals surface area contributed by atoms with Gasteiger partial charge in [-0.25, -0.2) is 0 Å². The van der Waals surface area contributed by atoms with E-state index >= 15 is 0 Å². The van der Waals surface area contributed by atoms with Crippen molar-refractivity contribution >= 4 is 0 Å². The molecule has 5 rings (SSSR count). The zero-order valence-electron chi connectivity index (χ0n) is 17.1. The number of likely N-dealkylation sites (tertiary alicyclic amines) is 1. The summed E-state index contributed by atoms with van der Waals surface area (Å²) in [6, 6.07) is 0.725. The van der Waals surface area contributed by atoms with Crippen molar-refractivity contribution in [3.05, 3.63) is 11.8 Å². The van der Waals surface area contributed by atoms with Crippen LogP contribution < -0.4 is 0 Å². The molecular weight excluding hydrogens is 356 g/mol. The van der Waals surface area contributed by atoms with Gasteiger partial charge in [-0.15, -0.1) is 10.2 Å². The summed E-state index contributed by atoms with van der Waals surface area (Å²) in [6.07, 6.45) is 7.49. The first-order valence-corrected chi connectivity index (χ1v) is 11.1. The van der Waals surface area contributed by atoms with Gasteiger partial charge in [0.05, 0.1) is 26.4 Å². The number of hydrogen-bond acceptors (Lipinski definition) is 7. The fourth-order valence-corrected chi connectivity index (χ4v) is 5.80. The quantitative estimate of drug-likeness (QED) is 0.738.